The lowest BCUT2D eigenvalue weighted by molar-refractivity contribution is -0.146. The molecule has 20 heavy (non-hydrogen) atoms. The van der Waals surface area contributed by atoms with Crippen LogP contribution in [0.2, 0.25) is 0 Å². The van der Waals surface area contributed by atoms with E-state index in [4.69, 9.17) is 0 Å². The molecule has 3 atom stereocenters. The fourth-order valence-corrected chi connectivity index (χ4v) is 1.79. The van der Waals surface area contributed by atoms with Crippen molar-refractivity contribution >= 4 is 17.8 Å². The monoisotopic (exact) mass is 286 g/mol. The SMILES string of the molecule is CC[C@@H](C)[C@@H](NC(C)=O)C(=O)N[C@H](C(=O)OC)C(C)C. The first-order chi connectivity index (χ1) is 9.24. The minimum absolute atomic E-state index is 0.0237. The molecule has 6 heteroatoms. The van der Waals surface area contributed by atoms with Crippen LogP contribution in [-0.4, -0.2) is 37.0 Å². The Morgan fingerprint density at radius 1 is 1.05 bits per heavy atom. The van der Waals surface area contributed by atoms with E-state index < -0.39 is 18.1 Å². The summed E-state index contributed by atoms with van der Waals surface area (Å²) in [5.74, 6) is -1.24. The van der Waals surface area contributed by atoms with Gasteiger partial charge in [-0.15, -0.1) is 0 Å². The van der Waals surface area contributed by atoms with Crippen molar-refractivity contribution in [3.63, 3.8) is 0 Å². The van der Waals surface area contributed by atoms with Gasteiger partial charge >= 0.3 is 5.97 Å². The van der Waals surface area contributed by atoms with Crippen molar-refractivity contribution in [2.24, 2.45) is 11.8 Å². The van der Waals surface area contributed by atoms with E-state index in [1.807, 2.05) is 27.7 Å². The van der Waals surface area contributed by atoms with Crippen molar-refractivity contribution in [3.8, 4) is 0 Å². The molecule has 0 bridgehead atoms. The van der Waals surface area contributed by atoms with Crippen molar-refractivity contribution in [1.82, 2.24) is 10.6 Å². The molecule has 116 valence electrons. The molecular weight excluding hydrogens is 260 g/mol. The Hall–Kier alpha value is -1.59. The maximum Gasteiger partial charge on any atom is 0.328 e. The highest BCUT2D eigenvalue weighted by Gasteiger charge is 2.31. The van der Waals surface area contributed by atoms with E-state index in [1.54, 1.807) is 0 Å². The molecule has 0 aromatic carbocycles. The lowest BCUT2D eigenvalue weighted by Gasteiger charge is -2.26. The summed E-state index contributed by atoms with van der Waals surface area (Å²) in [6, 6.07) is -1.36. The van der Waals surface area contributed by atoms with Gasteiger partial charge in [0.25, 0.3) is 0 Å². The molecule has 0 aromatic heterocycles. The van der Waals surface area contributed by atoms with Crippen LogP contribution >= 0.6 is 0 Å². The van der Waals surface area contributed by atoms with Crippen molar-refractivity contribution in [2.45, 2.75) is 53.1 Å². The summed E-state index contributed by atoms with van der Waals surface area (Å²) in [4.78, 5) is 35.1. The molecule has 2 N–H and O–H groups in total. The number of hydrogen-bond acceptors (Lipinski definition) is 4. The molecule has 0 unspecified atom stereocenters. The molecule has 6 nitrogen and oxygen atoms in total. The normalized spacial score (nSPS) is 15.2. The predicted molar refractivity (Wildman–Crippen MR) is 75.8 cm³/mol. The van der Waals surface area contributed by atoms with Crippen LogP contribution in [0.25, 0.3) is 0 Å². The summed E-state index contributed by atoms with van der Waals surface area (Å²) in [6.07, 6.45) is 0.739. The molecule has 0 spiro atoms. The Morgan fingerprint density at radius 3 is 1.95 bits per heavy atom. The number of hydrogen-bond donors (Lipinski definition) is 2. The summed E-state index contributed by atoms with van der Waals surface area (Å²) >= 11 is 0. The number of carbonyl (C=O) groups excluding carboxylic acids is 3. The zero-order chi connectivity index (χ0) is 15.9. The Morgan fingerprint density at radius 2 is 1.60 bits per heavy atom. The molecule has 0 radical (unpaired) electrons. The lowest BCUT2D eigenvalue weighted by Crippen LogP contribution is -2.55. The predicted octanol–water partition coefficient (Wildman–Crippen LogP) is 0.851. The van der Waals surface area contributed by atoms with Crippen LogP contribution in [0.4, 0.5) is 0 Å². The highest BCUT2D eigenvalue weighted by Crippen LogP contribution is 2.10. The molecule has 0 saturated carbocycles. The van der Waals surface area contributed by atoms with Gasteiger partial charge in [-0.25, -0.2) is 4.79 Å². The quantitative estimate of drug-likeness (QED) is 0.680. The first-order valence-electron chi connectivity index (χ1n) is 6.89. The third-order valence-corrected chi connectivity index (χ3v) is 3.27. The molecular formula is C14H26N2O4. The molecule has 2 amide bonds. The van der Waals surface area contributed by atoms with Crippen molar-refractivity contribution in [2.75, 3.05) is 7.11 Å². The summed E-state index contributed by atoms with van der Waals surface area (Å²) in [5.41, 5.74) is 0. The molecule has 0 fully saturated rings. The molecule has 0 aliphatic carbocycles. The summed E-state index contributed by atoms with van der Waals surface area (Å²) in [7, 11) is 1.28. The smallest absolute Gasteiger partial charge is 0.328 e. The highest BCUT2D eigenvalue weighted by molar-refractivity contribution is 5.90. The minimum atomic E-state index is -0.715. The maximum absolute atomic E-state index is 12.3. The van der Waals surface area contributed by atoms with Gasteiger partial charge in [0.05, 0.1) is 7.11 Å². The van der Waals surface area contributed by atoms with Gasteiger partial charge in [0.1, 0.15) is 12.1 Å². The van der Waals surface area contributed by atoms with E-state index in [-0.39, 0.29) is 23.7 Å². The number of ether oxygens (including phenoxy) is 1. The second kappa shape index (κ2) is 8.55. The first-order valence-corrected chi connectivity index (χ1v) is 6.89. The topological polar surface area (TPSA) is 84.5 Å². The summed E-state index contributed by atoms with van der Waals surface area (Å²) in [6.45, 7) is 8.82. The molecule has 0 aliphatic heterocycles. The second-order valence-electron chi connectivity index (χ2n) is 5.32. The highest BCUT2D eigenvalue weighted by atomic mass is 16.5. The largest absolute Gasteiger partial charge is 0.467 e. The average molecular weight is 286 g/mol. The number of carbonyl (C=O) groups is 3. The zero-order valence-corrected chi connectivity index (χ0v) is 13.1. The van der Waals surface area contributed by atoms with E-state index in [0.29, 0.717) is 0 Å². The zero-order valence-electron chi connectivity index (χ0n) is 13.1. The standard InChI is InChI=1S/C14H26N2O4/c1-7-9(4)12(15-10(5)17)13(18)16-11(8(2)3)14(19)20-6/h8-9,11-12H,7H2,1-6H3,(H,15,17)(H,16,18)/t9-,11+,12-/m1/s1. The number of nitrogens with one attached hydrogen (secondary N) is 2. The van der Waals surface area contributed by atoms with Gasteiger partial charge in [0, 0.05) is 6.92 Å². The van der Waals surface area contributed by atoms with E-state index in [1.165, 1.54) is 14.0 Å². The molecule has 0 rings (SSSR count). The lowest BCUT2D eigenvalue weighted by atomic mass is 9.97. The van der Waals surface area contributed by atoms with E-state index >= 15 is 0 Å². The first kappa shape index (κ1) is 18.4. The molecule has 0 aromatic rings. The summed E-state index contributed by atoms with van der Waals surface area (Å²) < 4.78 is 4.68. The van der Waals surface area contributed by atoms with Crippen molar-refractivity contribution in [3.05, 3.63) is 0 Å². The number of esters is 1. The van der Waals surface area contributed by atoms with Gasteiger partial charge in [-0.05, 0) is 11.8 Å². The Bertz CT molecular complexity index is 355. The van der Waals surface area contributed by atoms with Gasteiger partial charge in [0.15, 0.2) is 0 Å². The maximum atomic E-state index is 12.3. The Labute approximate surface area is 120 Å². The number of rotatable bonds is 7. The van der Waals surface area contributed by atoms with Gasteiger partial charge < -0.3 is 15.4 Å². The van der Waals surface area contributed by atoms with Crippen LogP contribution in [0.1, 0.15) is 41.0 Å². The third-order valence-electron chi connectivity index (χ3n) is 3.27. The Balaban J connectivity index is 4.96. The molecule has 0 aliphatic rings. The van der Waals surface area contributed by atoms with Gasteiger partial charge in [0.2, 0.25) is 11.8 Å². The van der Waals surface area contributed by atoms with Crippen LogP contribution < -0.4 is 10.6 Å². The second-order valence-corrected chi connectivity index (χ2v) is 5.32. The van der Waals surface area contributed by atoms with Gasteiger partial charge in [-0.2, -0.15) is 0 Å². The number of methoxy groups -OCH3 is 1. The average Bonchev–Trinajstić information content (AvgIpc) is 2.39. The van der Waals surface area contributed by atoms with Crippen LogP contribution in [0.15, 0.2) is 0 Å². The summed E-state index contributed by atoms with van der Waals surface area (Å²) in [5, 5.41) is 5.29. The van der Waals surface area contributed by atoms with Crippen LogP contribution in [0.3, 0.4) is 0 Å². The van der Waals surface area contributed by atoms with Gasteiger partial charge in [-0.3, -0.25) is 9.59 Å². The fourth-order valence-electron chi connectivity index (χ4n) is 1.79. The van der Waals surface area contributed by atoms with E-state index in [9.17, 15) is 14.4 Å². The van der Waals surface area contributed by atoms with Crippen LogP contribution in [0, 0.1) is 11.8 Å². The third kappa shape index (κ3) is 5.59. The van der Waals surface area contributed by atoms with Gasteiger partial charge in [-0.1, -0.05) is 34.1 Å². The van der Waals surface area contributed by atoms with Crippen LogP contribution in [0.5, 0.6) is 0 Å². The van der Waals surface area contributed by atoms with Crippen LogP contribution in [-0.2, 0) is 19.1 Å². The number of amides is 2. The van der Waals surface area contributed by atoms with E-state index in [2.05, 4.69) is 15.4 Å². The Kier molecular flexibility index (Phi) is 7.87. The molecule has 0 saturated heterocycles. The molecule has 0 heterocycles. The van der Waals surface area contributed by atoms with Crippen molar-refractivity contribution < 1.29 is 19.1 Å². The fraction of sp³-hybridized carbons (Fsp3) is 0.786. The van der Waals surface area contributed by atoms with Crippen molar-refractivity contribution in [1.29, 1.82) is 0 Å². The minimum Gasteiger partial charge on any atom is -0.467 e. The van der Waals surface area contributed by atoms with E-state index in [0.717, 1.165) is 6.42 Å².